The Morgan fingerprint density at radius 2 is 2.23 bits per heavy atom. The van der Waals surface area contributed by atoms with Gasteiger partial charge in [-0.15, -0.1) is 0 Å². The SMILES string of the molecule is C=C1NC(=O)CCC1=CC(C)=CC. The van der Waals surface area contributed by atoms with Crippen LogP contribution in [0.2, 0.25) is 0 Å². The first kappa shape index (κ1) is 9.78. The summed E-state index contributed by atoms with van der Waals surface area (Å²) < 4.78 is 0. The summed E-state index contributed by atoms with van der Waals surface area (Å²) in [6.07, 6.45) is 5.48. The van der Waals surface area contributed by atoms with Gasteiger partial charge in [-0.2, -0.15) is 0 Å². The summed E-state index contributed by atoms with van der Waals surface area (Å²) in [4.78, 5) is 11.0. The normalized spacial score (nSPS) is 22.0. The lowest BCUT2D eigenvalue weighted by Gasteiger charge is -2.17. The van der Waals surface area contributed by atoms with Crippen molar-refractivity contribution in [3.8, 4) is 0 Å². The third-order valence-corrected chi connectivity index (χ3v) is 2.16. The van der Waals surface area contributed by atoms with Crippen LogP contribution in [0.5, 0.6) is 0 Å². The molecule has 2 nitrogen and oxygen atoms in total. The molecule has 0 bridgehead atoms. The van der Waals surface area contributed by atoms with Gasteiger partial charge < -0.3 is 5.32 Å². The zero-order valence-electron chi connectivity index (χ0n) is 8.18. The third-order valence-electron chi connectivity index (χ3n) is 2.16. The van der Waals surface area contributed by atoms with E-state index in [0.717, 1.165) is 17.7 Å². The summed E-state index contributed by atoms with van der Waals surface area (Å²) in [5.74, 6) is 0.0697. The average Bonchev–Trinajstić information content (AvgIpc) is 2.09. The van der Waals surface area contributed by atoms with Crippen LogP contribution in [0.25, 0.3) is 0 Å². The van der Waals surface area contributed by atoms with Crippen molar-refractivity contribution in [1.82, 2.24) is 5.32 Å². The van der Waals surface area contributed by atoms with E-state index in [2.05, 4.69) is 18.0 Å². The first-order chi connectivity index (χ1) is 6.13. The number of rotatable bonds is 1. The van der Waals surface area contributed by atoms with Gasteiger partial charge in [0.1, 0.15) is 0 Å². The summed E-state index contributed by atoms with van der Waals surface area (Å²) in [6.45, 7) is 7.84. The van der Waals surface area contributed by atoms with Gasteiger partial charge in [-0.05, 0) is 25.8 Å². The summed E-state index contributed by atoms with van der Waals surface area (Å²) in [5.41, 5.74) is 3.08. The van der Waals surface area contributed by atoms with Crippen molar-refractivity contribution < 1.29 is 4.79 Å². The van der Waals surface area contributed by atoms with Crippen molar-refractivity contribution in [2.45, 2.75) is 26.7 Å². The van der Waals surface area contributed by atoms with Crippen LogP contribution in [-0.4, -0.2) is 5.91 Å². The van der Waals surface area contributed by atoms with Gasteiger partial charge in [0.25, 0.3) is 0 Å². The predicted molar refractivity (Wildman–Crippen MR) is 54.0 cm³/mol. The van der Waals surface area contributed by atoms with Crippen molar-refractivity contribution in [3.05, 3.63) is 35.6 Å². The molecule has 2 heteroatoms. The first-order valence-electron chi connectivity index (χ1n) is 4.46. The van der Waals surface area contributed by atoms with Crippen LogP contribution in [0.3, 0.4) is 0 Å². The number of carbonyl (C=O) groups excluding carboxylic acids is 1. The Bertz CT molecular complexity index is 297. The van der Waals surface area contributed by atoms with Crippen molar-refractivity contribution in [1.29, 1.82) is 0 Å². The molecule has 70 valence electrons. The number of piperidine rings is 1. The summed E-state index contributed by atoms with van der Waals surface area (Å²) in [7, 11) is 0. The van der Waals surface area contributed by atoms with Crippen molar-refractivity contribution >= 4 is 5.91 Å². The number of hydrogen-bond acceptors (Lipinski definition) is 1. The molecule has 1 fully saturated rings. The number of allylic oxidation sites excluding steroid dienone is 4. The zero-order valence-corrected chi connectivity index (χ0v) is 8.18. The van der Waals surface area contributed by atoms with Crippen LogP contribution in [0.1, 0.15) is 26.7 Å². The highest BCUT2D eigenvalue weighted by molar-refractivity contribution is 5.81. The number of hydrogen-bond donors (Lipinski definition) is 1. The third kappa shape index (κ3) is 2.58. The van der Waals surface area contributed by atoms with Gasteiger partial charge in [0, 0.05) is 12.1 Å². The van der Waals surface area contributed by atoms with E-state index >= 15 is 0 Å². The zero-order chi connectivity index (χ0) is 9.84. The Morgan fingerprint density at radius 3 is 2.77 bits per heavy atom. The Balaban J connectivity index is 2.77. The molecule has 1 heterocycles. The van der Waals surface area contributed by atoms with Gasteiger partial charge in [0.15, 0.2) is 0 Å². The maximum atomic E-state index is 11.0. The van der Waals surface area contributed by atoms with E-state index in [9.17, 15) is 4.79 Å². The van der Waals surface area contributed by atoms with Crippen molar-refractivity contribution in [2.24, 2.45) is 0 Å². The molecule has 0 aromatic rings. The minimum Gasteiger partial charge on any atom is -0.326 e. The Morgan fingerprint density at radius 1 is 1.54 bits per heavy atom. The fourth-order valence-electron chi connectivity index (χ4n) is 1.23. The number of nitrogens with one attached hydrogen (secondary N) is 1. The second kappa shape index (κ2) is 4.08. The van der Waals surface area contributed by atoms with E-state index in [4.69, 9.17) is 0 Å². The van der Waals surface area contributed by atoms with Crippen LogP contribution in [-0.2, 0) is 4.79 Å². The van der Waals surface area contributed by atoms with Gasteiger partial charge in [-0.3, -0.25) is 4.79 Å². The second-order valence-corrected chi connectivity index (χ2v) is 3.23. The molecule has 0 unspecified atom stereocenters. The molecule has 0 radical (unpaired) electrons. The number of carbonyl (C=O) groups is 1. The highest BCUT2D eigenvalue weighted by atomic mass is 16.1. The molecule has 0 atom stereocenters. The molecule has 1 aliphatic heterocycles. The lowest BCUT2D eigenvalue weighted by molar-refractivity contribution is -0.120. The molecule has 0 aromatic carbocycles. The van der Waals surface area contributed by atoms with E-state index < -0.39 is 0 Å². The van der Waals surface area contributed by atoms with E-state index in [1.54, 1.807) is 0 Å². The lowest BCUT2D eigenvalue weighted by atomic mass is 10.0. The molecule has 1 N–H and O–H groups in total. The molecule has 0 aliphatic carbocycles. The Kier molecular flexibility index (Phi) is 3.07. The molecule has 1 saturated heterocycles. The van der Waals surface area contributed by atoms with Gasteiger partial charge >= 0.3 is 0 Å². The predicted octanol–water partition coefficient (Wildman–Crippen LogP) is 2.30. The quantitative estimate of drug-likeness (QED) is 0.654. The topological polar surface area (TPSA) is 29.1 Å². The number of amides is 1. The van der Waals surface area contributed by atoms with E-state index in [-0.39, 0.29) is 5.91 Å². The smallest absolute Gasteiger partial charge is 0.224 e. The maximum Gasteiger partial charge on any atom is 0.224 e. The highest BCUT2D eigenvalue weighted by Crippen LogP contribution is 2.19. The molecular formula is C11H15NO. The van der Waals surface area contributed by atoms with Crippen LogP contribution in [0.4, 0.5) is 0 Å². The maximum absolute atomic E-state index is 11.0. The molecule has 0 saturated carbocycles. The summed E-state index contributed by atoms with van der Waals surface area (Å²) in [5, 5.41) is 2.73. The van der Waals surface area contributed by atoms with Crippen LogP contribution < -0.4 is 5.32 Å². The Labute approximate surface area is 79.0 Å². The lowest BCUT2D eigenvalue weighted by Crippen LogP contribution is -2.27. The molecule has 0 spiro atoms. The molecular weight excluding hydrogens is 162 g/mol. The monoisotopic (exact) mass is 177 g/mol. The van der Waals surface area contributed by atoms with Gasteiger partial charge in [-0.1, -0.05) is 24.3 Å². The van der Waals surface area contributed by atoms with Crippen molar-refractivity contribution in [3.63, 3.8) is 0 Å². The van der Waals surface area contributed by atoms with Crippen molar-refractivity contribution in [2.75, 3.05) is 0 Å². The minimum absolute atomic E-state index is 0.0697. The molecule has 1 rings (SSSR count). The van der Waals surface area contributed by atoms with E-state index in [1.165, 1.54) is 5.57 Å². The van der Waals surface area contributed by atoms with Gasteiger partial charge in [-0.25, -0.2) is 0 Å². The molecule has 1 aliphatic rings. The van der Waals surface area contributed by atoms with Crippen LogP contribution >= 0.6 is 0 Å². The first-order valence-corrected chi connectivity index (χ1v) is 4.46. The van der Waals surface area contributed by atoms with E-state index in [0.29, 0.717) is 6.42 Å². The molecule has 1 amide bonds. The average molecular weight is 177 g/mol. The molecule has 0 aromatic heterocycles. The standard InChI is InChI=1S/C11H15NO/c1-4-8(2)7-10-5-6-11(13)12-9(10)3/h4,7H,3,5-6H2,1-2H3,(H,12,13). The minimum atomic E-state index is 0.0697. The van der Waals surface area contributed by atoms with Crippen LogP contribution in [0.15, 0.2) is 35.6 Å². The van der Waals surface area contributed by atoms with Gasteiger partial charge in [0.05, 0.1) is 0 Å². The fourth-order valence-corrected chi connectivity index (χ4v) is 1.23. The van der Waals surface area contributed by atoms with Crippen LogP contribution in [0, 0.1) is 0 Å². The second-order valence-electron chi connectivity index (χ2n) is 3.23. The Hall–Kier alpha value is -1.31. The summed E-state index contributed by atoms with van der Waals surface area (Å²) in [6, 6.07) is 0. The summed E-state index contributed by atoms with van der Waals surface area (Å²) >= 11 is 0. The largest absolute Gasteiger partial charge is 0.326 e. The fraction of sp³-hybridized carbons (Fsp3) is 0.364. The van der Waals surface area contributed by atoms with Gasteiger partial charge in [0.2, 0.25) is 5.91 Å². The van der Waals surface area contributed by atoms with E-state index in [1.807, 2.05) is 19.9 Å². The highest BCUT2D eigenvalue weighted by Gasteiger charge is 2.14. The molecule has 13 heavy (non-hydrogen) atoms.